The number of carbonyl (C=O) groups is 1. The van der Waals surface area contributed by atoms with Gasteiger partial charge in [0, 0.05) is 18.5 Å². The van der Waals surface area contributed by atoms with Crippen LogP contribution in [0, 0.1) is 5.92 Å². The molecule has 2 heterocycles. The smallest absolute Gasteiger partial charge is 0.258 e. The van der Waals surface area contributed by atoms with Gasteiger partial charge >= 0.3 is 0 Å². The van der Waals surface area contributed by atoms with Crippen LogP contribution < -0.4 is 5.32 Å². The van der Waals surface area contributed by atoms with Crippen molar-refractivity contribution in [1.82, 2.24) is 20.4 Å². The van der Waals surface area contributed by atoms with Gasteiger partial charge in [0.05, 0.1) is 11.1 Å². The Bertz CT molecular complexity index is 754. The third kappa shape index (κ3) is 4.24. The van der Waals surface area contributed by atoms with E-state index in [2.05, 4.69) is 15.5 Å². The number of amides is 1. The molecule has 0 aliphatic carbocycles. The van der Waals surface area contributed by atoms with Crippen molar-refractivity contribution in [1.29, 1.82) is 0 Å². The van der Waals surface area contributed by atoms with E-state index in [9.17, 15) is 4.79 Å². The minimum atomic E-state index is -0.198. The van der Waals surface area contributed by atoms with Gasteiger partial charge in [-0.05, 0) is 38.1 Å². The molecule has 1 aliphatic rings. The van der Waals surface area contributed by atoms with Gasteiger partial charge in [0.25, 0.3) is 11.8 Å². The van der Waals surface area contributed by atoms with E-state index in [0.29, 0.717) is 28.8 Å². The van der Waals surface area contributed by atoms with Crippen LogP contribution in [0.4, 0.5) is 0 Å². The second-order valence-corrected chi connectivity index (χ2v) is 7.68. The second-order valence-electron chi connectivity index (χ2n) is 7.68. The molecule has 1 aromatic carbocycles. The van der Waals surface area contributed by atoms with E-state index in [-0.39, 0.29) is 23.7 Å². The monoisotopic (exact) mass is 378 g/mol. The molecule has 0 bridgehead atoms. The lowest BCUT2D eigenvalue weighted by atomic mass is 9.96. The molecule has 2 aromatic rings. The molecule has 6 nitrogen and oxygen atoms in total. The van der Waals surface area contributed by atoms with Crippen LogP contribution >= 0.6 is 12.4 Å². The summed E-state index contributed by atoms with van der Waals surface area (Å²) in [5.41, 5.74) is 1.13. The Balaban J connectivity index is 0.00000243. The van der Waals surface area contributed by atoms with Crippen molar-refractivity contribution in [2.75, 3.05) is 26.7 Å². The van der Waals surface area contributed by atoms with Gasteiger partial charge in [-0.25, -0.2) is 0 Å². The Morgan fingerprint density at radius 1 is 1.35 bits per heavy atom. The van der Waals surface area contributed by atoms with Crippen molar-refractivity contribution in [2.24, 2.45) is 5.92 Å². The minimum absolute atomic E-state index is 0. The average Bonchev–Trinajstić information content (AvgIpc) is 3.23. The zero-order chi connectivity index (χ0) is 18.0. The van der Waals surface area contributed by atoms with Crippen molar-refractivity contribution in [3.05, 3.63) is 35.7 Å². The van der Waals surface area contributed by atoms with Gasteiger partial charge < -0.3 is 14.7 Å². The molecular weight excluding hydrogens is 352 g/mol. The zero-order valence-corrected chi connectivity index (χ0v) is 16.6. The molecule has 1 atom stereocenters. The third-order valence-electron chi connectivity index (χ3n) is 4.55. The van der Waals surface area contributed by atoms with Gasteiger partial charge in [-0.3, -0.25) is 4.79 Å². The number of carbonyl (C=O) groups excluding carboxylic acids is 1. The summed E-state index contributed by atoms with van der Waals surface area (Å²) in [5.74, 6) is 1.58. The maximum absolute atomic E-state index is 13.0. The predicted octanol–water partition coefficient (Wildman–Crippen LogP) is 3.14. The number of halogens is 1. The normalized spacial score (nSPS) is 17.2. The molecule has 3 rings (SSSR count). The third-order valence-corrected chi connectivity index (χ3v) is 4.55. The summed E-state index contributed by atoms with van der Waals surface area (Å²) in [6, 6.07) is 7.47. The van der Waals surface area contributed by atoms with E-state index in [1.807, 2.05) is 57.0 Å². The summed E-state index contributed by atoms with van der Waals surface area (Å²) in [5, 5.41) is 7.27. The van der Waals surface area contributed by atoms with Crippen LogP contribution in [-0.4, -0.2) is 47.6 Å². The molecule has 26 heavy (non-hydrogen) atoms. The molecule has 0 radical (unpaired) electrons. The molecule has 1 fully saturated rings. The number of hydrogen-bond donors (Lipinski definition) is 1. The number of nitrogens with one attached hydrogen (secondary N) is 1. The minimum Gasteiger partial charge on any atom is -0.338 e. The molecule has 1 amide bonds. The van der Waals surface area contributed by atoms with Crippen molar-refractivity contribution in [3.63, 3.8) is 0 Å². The lowest BCUT2D eigenvalue weighted by Gasteiger charge is -2.18. The van der Waals surface area contributed by atoms with Crippen molar-refractivity contribution >= 4 is 18.3 Å². The Kier molecular flexibility index (Phi) is 6.42. The molecule has 1 unspecified atom stereocenters. The van der Waals surface area contributed by atoms with E-state index in [4.69, 9.17) is 4.52 Å². The summed E-state index contributed by atoms with van der Waals surface area (Å²) in [6.45, 7) is 8.60. The topological polar surface area (TPSA) is 71.3 Å². The first kappa shape index (κ1) is 20.4. The Hall–Kier alpha value is -1.92. The van der Waals surface area contributed by atoms with Crippen LogP contribution in [0.1, 0.15) is 43.4 Å². The number of rotatable bonds is 4. The maximum Gasteiger partial charge on any atom is 0.258 e. The number of aromatic nitrogens is 2. The molecule has 0 saturated carbocycles. The SMILES string of the molecule is CNCC1CCN(C(=O)c2ccccc2-c2nc(C(C)(C)C)no2)C1.Cl. The lowest BCUT2D eigenvalue weighted by Crippen LogP contribution is -2.30. The quantitative estimate of drug-likeness (QED) is 0.884. The van der Waals surface area contributed by atoms with Crippen LogP contribution in [0.25, 0.3) is 11.5 Å². The standard InChI is InChI=1S/C19H26N4O2.ClH/c1-19(2,3)18-21-16(25-22-18)14-7-5-6-8-15(14)17(24)23-10-9-13(12-23)11-20-4;/h5-8,13,20H,9-12H2,1-4H3;1H. The Morgan fingerprint density at radius 2 is 2.08 bits per heavy atom. The highest BCUT2D eigenvalue weighted by Gasteiger charge is 2.29. The Morgan fingerprint density at radius 3 is 2.73 bits per heavy atom. The average molecular weight is 379 g/mol. The van der Waals surface area contributed by atoms with Crippen LogP contribution in [-0.2, 0) is 5.41 Å². The summed E-state index contributed by atoms with van der Waals surface area (Å²) in [4.78, 5) is 19.4. The van der Waals surface area contributed by atoms with Gasteiger partial charge in [-0.2, -0.15) is 4.98 Å². The molecule has 0 spiro atoms. The van der Waals surface area contributed by atoms with E-state index < -0.39 is 0 Å². The second kappa shape index (κ2) is 8.18. The summed E-state index contributed by atoms with van der Waals surface area (Å²) < 4.78 is 5.45. The fraction of sp³-hybridized carbons (Fsp3) is 0.526. The van der Waals surface area contributed by atoms with Crippen molar-refractivity contribution < 1.29 is 9.32 Å². The first-order valence-electron chi connectivity index (χ1n) is 8.77. The number of benzene rings is 1. The maximum atomic E-state index is 13.0. The van der Waals surface area contributed by atoms with E-state index >= 15 is 0 Å². The van der Waals surface area contributed by atoms with Crippen LogP contribution in [0.15, 0.2) is 28.8 Å². The predicted molar refractivity (Wildman–Crippen MR) is 104 cm³/mol. The highest BCUT2D eigenvalue weighted by molar-refractivity contribution is 6.00. The fourth-order valence-electron chi connectivity index (χ4n) is 3.14. The fourth-order valence-corrected chi connectivity index (χ4v) is 3.14. The summed E-state index contributed by atoms with van der Waals surface area (Å²) in [6.07, 6.45) is 1.03. The molecule has 1 aliphatic heterocycles. The lowest BCUT2D eigenvalue weighted by molar-refractivity contribution is 0.0787. The first-order chi connectivity index (χ1) is 11.9. The van der Waals surface area contributed by atoms with Crippen LogP contribution in [0.3, 0.4) is 0 Å². The van der Waals surface area contributed by atoms with Gasteiger partial charge in [0.15, 0.2) is 5.82 Å². The van der Waals surface area contributed by atoms with E-state index in [1.54, 1.807) is 0 Å². The Labute approximate surface area is 160 Å². The number of likely N-dealkylation sites (tertiary alicyclic amines) is 1. The van der Waals surface area contributed by atoms with Crippen LogP contribution in [0.5, 0.6) is 0 Å². The van der Waals surface area contributed by atoms with Gasteiger partial charge in [-0.15, -0.1) is 12.4 Å². The molecule has 142 valence electrons. The molecule has 1 saturated heterocycles. The summed E-state index contributed by atoms with van der Waals surface area (Å²) >= 11 is 0. The van der Waals surface area contributed by atoms with Gasteiger partial charge in [0.2, 0.25) is 0 Å². The number of nitrogens with zero attached hydrogens (tertiary/aromatic N) is 3. The van der Waals surface area contributed by atoms with Crippen LogP contribution in [0.2, 0.25) is 0 Å². The van der Waals surface area contributed by atoms with E-state index in [1.165, 1.54) is 0 Å². The zero-order valence-electron chi connectivity index (χ0n) is 15.8. The van der Waals surface area contributed by atoms with Crippen molar-refractivity contribution in [2.45, 2.75) is 32.6 Å². The van der Waals surface area contributed by atoms with Gasteiger partial charge in [-0.1, -0.05) is 38.1 Å². The number of hydrogen-bond acceptors (Lipinski definition) is 5. The molecule has 1 N–H and O–H groups in total. The van der Waals surface area contributed by atoms with Gasteiger partial charge in [0.1, 0.15) is 0 Å². The summed E-state index contributed by atoms with van der Waals surface area (Å²) in [7, 11) is 1.95. The largest absolute Gasteiger partial charge is 0.338 e. The molecule has 7 heteroatoms. The molecule has 1 aromatic heterocycles. The van der Waals surface area contributed by atoms with Crippen molar-refractivity contribution in [3.8, 4) is 11.5 Å². The van der Waals surface area contributed by atoms with E-state index in [0.717, 1.165) is 26.1 Å². The highest BCUT2D eigenvalue weighted by Crippen LogP contribution is 2.28. The molecular formula is C19H27ClN4O2. The first-order valence-corrected chi connectivity index (χ1v) is 8.77. The highest BCUT2D eigenvalue weighted by atomic mass is 35.5.